The molecular weight excluding hydrogens is 242 g/mol. The van der Waals surface area contributed by atoms with Crippen molar-refractivity contribution in [3.63, 3.8) is 0 Å². The average molecular weight is 263 g/mol. The van der Waals surface area contributed by atoms with E-state index < -0.39 is 5.97 Å². The topological polar surface area (TPSA) is 49.8 Å². The summed E-state index contributed by atoms with van der Waals surface area (Å²) in [7, 11) is 3.83. The highest BCUT2D eigenvalue weighted by Crippen LogP contribution is 2.26. The fourth-order valence-electron chi connectivity index (χ4n) is 1.72. The van der Waals surface area contributed by atoms with Gasteiger partial charge in [0.1, 0.15) is 0 Å². The Kier molecular flexibility index (Phi) is 5.12. The van der Waals surface area contributed by atoms with Crippen molar-refractivity contribution in [3.8, 4) is 0 Å². The summed E-state index contributed by atoms with van der Waals surface area (Å²) in [5.74, 6) is -0.939. The summed E-state index contributed by atoms with van der Waals surface area (Å²) in [6.07, 6.45) is -0.289. The molecule has 0 heterocycles. The number of hydrogen-bond donors (Lipinski definition) is 1. The van der Waals surface area contributed by atoms with E-state index in [1.807, 2.05) is 38.9 Å². The SMILES string of the molecule is C=C(C)COC(C)c1cc(N(C)C)ccc1C(=O)O. The van der Waals surface area contributed by atoms with Crippen molar-refractivity contribution in [2.45, 2.75) is 20.0 Å². The Bertz CT molecular complexity index is 480. The van der Waals surface area contributed by atoms with E-state index in [9.17, 15) is 9.90 Å². The standard InChI is InChI=1S/C15H21NO3/c1-10(2)9-19-11(3)14-8-12(16(4)5)6-7-13(14)15(17)18/h6-8,11H,1,9H2,2-5H3,(H,17,18). The third-order valence-electron chi connectivity index (χ3n) is 2.80. The van der Waals surface area contributed by atoms with Gasteiger partial charge in [0.15, 0.2) is 0 Å². The second-order valence-corrected chi connectivity index (χ2v) is 4.88. The van der Waals surface area contributed by atoms with E-state index in [1.165, 1.54) is 0 Å². The van der Waals surface area contributed by atoms with Crippen molar-refractivity contribution in [3.05, 3.63) is 41.5 Å². The van der Waals surface area contributed by atoms with Gasteiger partial charge in [-0.3, -0.25) is 0 Å². The third-order valence-corrected chi connectivity index (χ3v) is 2.80. The van der Waals surface area contributed by atoms with E-state index >= 15 is 0 Å². The highest BCUT2D eigenvalue weighted by atomic mass is 16.5. The second kappa shape index (κ2) is 6.38. The first-order chi connectivity index (χ1) is 8.82. The van der Waals surface area contributed by atoms with Gasteiger partial charge in [-0.25, -0.2) is 4.79 Å². The first-order valence-corrected chi connectivity index (χ1v) is 6.13. The number of carboxylic acid groups (broad SMARTS) is 1. The van der Waals surface area contributed by atoms with Crippen LogP contribution in [0.2, 0.25) is 0 Å². The number of benzene rings is 1. The van der Waals surface area contributed by atoms with Gasteiger partial charge in [-0.1, -0.05) is 12.2 Å². The van der Waals surface area contributed by atoms with Gasteiger partial charge < -0.3 is 14.7 Å². The lowest BCUT2D eigenvalue weighted by Gasteiger charge is -2.19. The molecular formula is C15H21NO3. The Morgan fingerprint density at radius 3 is 2.58 bits per heavy atom. The minimum atomic E-state index is -0.939. The Morgan fingerprint density at radius 1 is 1.47 bits per heavy atom. The second-order valence-electron chi connectivity index (χ2n) is 4.88. The van der Waals surface area contributed by atoms with Crippen LogP contribution in [0.5, 0.6) is 0 Å². The molecule has 0 aliphatic carbocycles. The Balaban J connectivity index is 3.09. The van der Waals surface area contributed by atoms with Crippen molar-refractivity contribution >= 4 is 11.7 Å². The van der Waals surface area contributed by atoms with E-state index in [0.29, 0.717) is 12.2 Å². The molecule has 0 saturated carbocycles. The van der Waals surface area contributed by atoms with Crippen LogP contribution in [-0.4, -0.2) is 31.8 Å². The van der Waals surface area contributed by atoms with Crippen molar-refractivity contribution in [2.24, 2.45) is 0 Å². The lowest BCUT2D eigenvalue weighted by molar-refractivity contribution is 0.0661. The summed E-state index contributed by atoms with van der Waals surface area (Å²) in [6, 6.07) is 5.26. The van der Waals surface area contributed by atoms with Crippen LogP contribution in [0.1, 0.15) is 35.9 Å². The van der Waals surface area contributed by atoms with Crippen LogP contribution in [0, 0.1) is 0 Å². The highest BCUT2D eigenvalue weighted by Gasteiger charge is 2.17. The molecule has 1 aromatic rings. The molecule has 19 heavy (non-hydrogen) atoms. The summed E-state index contributed by atoms with van der Waals surface area (Å²) >= 11 is 0. The van der Waals surface area contributed by atoms with Crippen LogP contribution < -0.4 is 4.90 Å². The zero-order valence-electron chi connectivity index (χ0n) is 11.9. The largest absolute Gasteiger partial charge is 0.478 e. The number of anilines is 1. The number of ether oxygens (including phenoxy) is 1. The molecule has 1 atom stereocenters. The van der Waals surface area contributed by atoms with Crippen molar-refractivity contribution in [2.75, 3.05) is 25.6 Å². The molecule has 1 N–H and O–H groups in total. The van der Waals surface area contributed by atoms with E-state index in [2.05, 4.69) is 6.58 Å². The van der Waals surface area contributed by atoms with Crippen molar-refractivity contribution < 1.29 is 14.6 Å². The molecule has 0 fully saturated rings. The molecule has 0 radical (unpaired) electrons. The smallest absolute Gasteiger partial charge is 0.336 e. The van der Waals surface area contributed by atoms with Crippen LogP contribution in [-0.2, 0) is 4.74 Å². The minimum Gasteiger partial charge on any atom is -0.478 e. The lowest BCUT2D eigenvalue weighted by Crippen LogP contribution is -2.13. The lowest BCUT2D eigenvalue weighted by atomic mass is 10.0. The van der Waals surface area contributed by atoms with E-state index in [-0.39, 0.29) is 11.7 Å². The quantitative estimate of drug-likeness (QED) is 0.801. The predicted octanol–water partition coefficient (Wildman–Crippen LogP) is 3.10. The van der Waals surface area contributed by atoms with Gasteiger partial charge in [0, 0.05) is 19.8 Å². The van der Waals surface area contributed by atoms with Gasteiger partial charge in [0.2, 0.25) is 0 Å². The van der Waals surface area contributed by atoms with Gasteiger partial charge >= 0.3 is 5.97 Å². The highest BCUT2D eigenvalue weighted by molar-refractivity contribution is 5.90. The molecule has 0 saturated heterocycles. The number of hydrogen-bond acceptors (Lipinski definition) is 3. The van der Waals surface area contributed by atoms with Crippen LogP contribution in [0.25, 0.3) is 0 Å². The molecule has 0 aliphatic heterocycles. The fraction of sp³-hybridized carbons (Fsp3) is 0.400. The first-order valence-electron chi connectivity index (χ1n) is 6.13. The number of rotatable bonds is 6. The maximum Gasteiger partial charge on any atom is 0.336 e. The molecule has 4 nitrogen and oxygen atoms in total. The Morgan fingerprint density at radius 2 is 2.11 bits per heavy atom. The molecule has 1 aromatic carbocycles. The molecule has 0 bridgehead atoms. The number of nitrogens with zero attached hydrogens (tertiary/aromatic N) is 1. The molecule has 0 amide bonds. The molecule has 1 unspecified atom stereocenters. The first kappa shape index (κ1) is 15.2. The van der Waals surface area contributed by atoms with Crippen LogP contribution in [0.3, 0.4) is 0 Å². The summed E-state index contributed by atoms with van der Waals surface area (Å²) in [6.45, 7) is 7.92. The molecule has 0 aliphatic rings. The summed E-state index contributed by atoms with van der Waals surface area (Å²) in [5, 5.41) is 9.23. The zero-order chi connectivity index (χ0) is 14.6. The van der Waals surface area contributed by atoms with Gasteiger partial charge in [-0.2, -0.15) is 0 Å². The molecule has 0 spiro atoms. The molecule has 1 rings (SSSR count). The average Bonchev–Trinajstić information content (AvgIpc) is 2.34. The van der Waals surface area contributed by atoms with Crippen molar-refractivity contribution in [1.82, 2.24) is 0 Å². The normalized spacial score (nSPS) is 12.0. The van der Waals surface area contributed by atoms with E-state index in [0.717, 1.165) is 11.3 Å². The van der Waals surface area contributed by atoms with E-state index in [1.54, 1.807) is 12.1 Å². The predicted molar refractivity (Wildman–Crippen MR) is 76.9 cm³/mol. The van der Waals surface area contributed by atoms with Gasteiger partial charge in [-0.05, 0) is 37.6 Å². The van der Waals surface area contributed by atoms with Gasteiger partial charge in [-0.15, -0.1) is 0 Å². The monoisotopic (exact) mass is 263 g/mol. The number of carboxylic acids is 1. The molecule has 104 valence electrons. The Labute approximate surface area is 114 Å². The third kappa shape index (κ3) is 4.10. The Hall–Kier alpha value is -1.81. The number of carbonyl (C=O) groups is 1. The maximum atomic E-state index is 11.3. The van der Waals surface area contributed by atoms with E-state index in [4.69, 9.17) is 4.74 Å². The molecule has 4 heteroatoms. The summed E-state index contributed by atoms with van der Waals surface area (Å²) in [4.78, 5) is 13.2. The zero-order valence-corrected chi connectivity index (χ0v) is 11.9. The summed E-state index contributed by atoms with van der Waals surface area (Å²) in [5.41, 5.74) is 2.82. The van der Waals surface area contributed by atoms with Gasteiger partial charge in [0.05, 0.1) is 18.3 Å². The minimum absolute atomic E-state index is 0.278. The van der Waals surface area contributed by atoms with Crippen LogP contribution >= 0.6 is 0 Å². The number of aromatic carboxylic acids is 1. The van der Waals surface area contributed by atoms with Crippen LogP contribution in [0.15, 0.2) is 30.4 Å². The maximum absolute atomic E-state index is 11.3. The summed E-state index contributed by atoms with van der Waals surface area (Å²) < 4.78 is 5.63. The fourth-order valence-corrected chi connectivity index (χ4v) is 1.72. The molecule has 0 aromatic heterocycles. The van der Waals surface area contributed by atoms with Crippen LogP contribution in [0.4, 0.5) is 5.69 Å². The van der Waals surface area contributed by atoms with Gasteiger partial charge in [0.25, 0.3) is 0 Å². The van der Waals surface area contributed by atoms with Crippen molar-refractivity contribution in [1.29, 1.82) is 0 Å².